The average molecular weight is 275 g/mol. The molecule has 1 aliphatic rings. The van der Waals surface area contributed by atoms with Gasteiger partial charge in [0, 0.05) is 24.7 Å². The first-order valence-electron chi connectivity index (χ1n) is 7.52. The number of benzene rings is 1. The molecule has 4 heteroatoms. The van der Waals surface area contributed by atoms with Gasteiger partial charge < -0.3 is 16.0 Å². The highest BCUT2D eigenvalue weighted by Gasteiger charge is 2.19. The van der Waals surface area contributed by atoms with Gasteiger partial charge in [0.2, 0.25) is 5.91 Å². The molecular weight excluding hydrogens is 250 g/mol. The SMILES string of the molecule is CC1CCCN1CCCC(=O)Nc1cccc(CN)c1. The monoisotopic (exact) mass is 275 g/mol. The van der Waals surface area contributed by atoms with Crippen molar-refractivity contribution in [2.75, 3.05) is 18.4 Å². The van der Waals surface area contributed by atoms with Gasteiger partial charge in [-0.1, -0.05) is 12.1 Å². The van der Waals surface area contributed by atoms with Crippen molar-refractivity contribution < 1.29 is 4.79 Å². The predicted molar refractivity (Wildman–Crippen MR) is 82.5 cm³/mol. The Morgan fingerprint density at radius 1 is 1.50 bits per heavy atom. The van der Waals surface area contributed by atoms with E-state index in [1.807, 2.05) is 24.3 Å². The van der Waals surface area contributed by atoms with Crippen molar-refractivity contribution in [1.29, 1.82) is 0 Å². The number of hydrogen-bond acceptors (Lipinski definition) is 3. The second-order valence-electron chi connectivity index (χ2n) is 5.58. The number of nitrogens with zero attached hydrogens (tertiary/aromatic N) is 1. The Morgan fingerprint density at radius 2 is 2.35 bits per heavy atom. The summed E-state index contributed by atoms with van der Waals surface area (Å²) in [7, 11) is 0. The standard InChI is InChI=1S/C16H25N3O/c1-13-5-3-9-19(13)10-4-8-16(20)18-15-7-2-6-14(11-15)12-17/h2,6-7,11,13H,3-5,8-10,12,17H2,1H3,(H,18,20). The van der Waals surface area contributed by atoms with Crippen molar-refractivity contribution in [1.82, 2.24) is 4.90 Å². The van der Waals surface area contributed by atoms with Crippen molar-refractivity contribution in [3.05, 3.63) is 29.8 Å². The zero-order chi connectivity index (χ0) is 14.4. The topological polar surface area (TPSA) is 58.4 Å². The molecule has 0 aliphatic carbocycles. The molecule has 20 heavy (non-hydrogen) atoms. The van der Waals surface area contributed by atoms with E-state index in [9.17, 15) is 4.79 Å². The fraction of sp³-hybridized carbons (Fsp3) is 0.562. The first-order valence-corrected chi connectivity index (χ1v) is 7.52. The molecule has 1 heterocycles. The zero-order valence-corrected chi connectivity index (χ0v) is 12.3. The fourth-order valence-electron chi connectivity index (χ4n) is 2.77. The lowest BCUT2D eigenvalue weighted by Crippen LogP contribution is -2.28. The molecule has 1 atom stereocenters. The lowest BCUT2D eigenvalue weighted by atomic mass is 10.2. The molecule has 3 N–H and O–H groups in total. The maximum absolute atomic E-state index is 11.9. The van der Waals surface area contributed by atoms with Gasteiger partial charge in [0.1, 0.15) is 0 Å². The smallest absolute Gasteiger partial charge is 0.224 e. The number of amides is 1. The largest absolute Gasteiger partial charge is 0.326 e. The van der Waals surface area contributed by atoms with E-state index in [1.165, 1.54) is 19.4 Å². The van der Waals surface area contributed by atoms with E-state index in [0.717, 1.165) is 24.2 Å². The summed E-state index contributed by atoms with van der Waals surface area (Å²) in [4.78, 5) is 14.4. The molecule has 0 spiro atoms. The van der Waals surface area contributed by atoms with Crippen molar-refractivity contribution in [3.8, 4) is 0 Å². The summed E-state index contributed by atoms with van der Waals surface area (Å²) in [6.45, 7) is 4.97. The number of anilines is 1. The molecule has 1 aliphatic heterocycles. The van der Waals surface area contributed by atoms with Crippen LogP contribution in [-0.4, -0.2) is 29.9 Å². The number of hydrogen-bond donors (Lipinski definition) is 2. The number of likely N-dealkylation sites (tertiary alicyclic amines) is 1. The van der Waals surface area contributed by atoms with Crippen LogP contribution in [0.4, 0.5) is 5.69 Å². The lowest BCUT2D eigenvalue weighted by Gasteiger charge is -2.20. The highest BCUT2D eigenvalue weighted by molar-refractivity contribution is 5.90. The Bertz CT molecular complexity index is 447. The minimum atomic E-state index is 0.0889. The molecule has 0 aromatic heterocycles. The summed E-state index contributed by atoms with van der Waals surface area (Å²) in [5.74, 6) is 0.0889. The Labute approximate surface area is 121 Å². The van der Waals surface area contributed by atoms with Crippen molar-refractivity contribution in [2.24, 2.45) is 5.73 Å². The molecule has 1 unspecified atom stereocenters. The fourth-order valence-corrected chi connectivity index (χ4v) is 2.77. The van der Waals surface area contributed by atoms with Crippen LogP contribution in [0.2, 0.25) is 0 Å². The van der Waals surface area contributed by atoms with Crippen LogP contribution in [-0.2, 0) is 11.3 Å². The molecule has 4 nitrogen and oxygen atoms in total. The summed E-state index contributed by atoms with van der Waals surface area (Å²) in [5.41, 5.74) is 7.47. The van der Waals surface area contributed by atoms with Gasteiger partial charge in [0.05, 0.1) is 0 Å². The van der Waals surface area contributed by atoms with E-state index >= 15 is 0 Å². The van der Waals surface area contributed by atoms with Crippen LogP contribution in [0.15, 0.2) is 24.3 Å². The predicted octanol–water partition coefficient (Wildman–Crippen LogP) is 2.35. The Morgan fingerprint density at radius 3 is 3.05 bits per heavy atom. The van der Waals surface area contributed by atoms with Crippen LogP contribution in [0, 0.1) is 0 Å². The van der Waals surface area contributed by atoms with Gasteiger partial charge in [-0.05, 0) is 57.0 Å². The second-order valence-corrected chi connectivity index (χ2v) is 5.58. The van der Waals surface area contributed by atoms with Gasteiger partial charge in [-0.3, -0.25) is 4.79 Å². The first-order chi connectivity index (χ1) is 9.69. The van der Waals surface area contributed by atoms with Crippen LogP contribution in [0.25, 0.3) is 0 Å². The summed E-state index contributed by atoms with van der Waals surface area (Å²) in [6, 6.07) is 8.40. The number of nitrogens with two attached hydrogens (primary N) is 1. The summed E-state index contributed by atoms with van der Waals surface area (Å²) in [5, 5.41) is 2.94. The van der Waals surface area contributed by atoms with Gasteiger partial charge in [-0.2, -0.15) is 0 Å². The molecular formula is C16H25N3O. The molecule has 2 rings (SSSR count). The highest BCUT2D eigenvalue weighted by atomic mass is 16.1. The molecule has 0 radical (unpaired) electrons. The number of carbonyl (C=O) groups excluding carboxylic acids is 1. The number of nitrogens with one attached hydrogen (secondary N) is 1. The number of rotatable bonds is 6. The van der Waals surface area contributed by atoms with Crippen LogP contribution < -0.4 is 11.1 Å². The molecule has 0 saturated carbocycles. The van der Waals surface area contributed by atoms with Crippen LogP contribution in [0.3, 0.4) is 0 Å². The van der Waals surface area contributed by atoms with E-state index in [0.29, 0.717) is 19.0 Å². The Balaban J connectivity index is 1.72. The maximum atomic E-state index is 11.9. The summed E-state index contributed by atoms with van der Waals surface area (Å²) < 4.78 is 0. The van der Waals surface area contributed by atoms with Crippen LogP contribution in [0.5, 0.6) is 0 Å². The van der Waals surface area contributed by atoms with Gasteiger partial charge >= 0.3 is 0 Å². The molecule has 1 saturated heterocycles. The lowest BCUT2D eigenvalue weighted by molar-refractivity contribution is -0.116. The van der Waals surface area contributed by atoms with Crippen molar-refractivity contribution >= 4 is 11.6 Å². The molecule has 0 bridgehead atoms. The third-order valence-electron chi connectivity index (χ3n) is 3.99. The van der Waals surface area contributed by atoms with Gasteiger partial charge in [0.15, 0.2) is 0 Å². The van der Waals surface area contributed by atoms with Gasteiger partial charge in [-0.15, -0.1) is 0 Å². The first kappa shape index (κ1) is 15.0. The summed E-state index contributed by atoms with van der Waals surface area (Å²) in [6.07, 6.45) is 4.08. The van der Waals surface area contributed by atoms with Crippen LogP contribution >= 0.6 is 0 Å². The second kappa shape index (κ2) is 7.41. The Kier molecular flexibility index (Phi) is 5.56. The molecule has 1 aromatic carbocycles. The van der Waals surface area contributed by atoms with E-state index in [4.69, 9.17) is 5.73 Å². The molecule has 1 amide bonds. The quantitative estimate of drug-likeness (QED) is 0.838. The zero-order valence-electron chi connectivity index (χ0n) is 12.3. The van der Waals surface area contributed by atoms with E-state index in [1.54, 1.807) is 0 Å². The molecule has 1 fully saturated rings. The third kappa shape index (κ3) is 4.32. The minimum absolute atomic E-state index is 0.0889. The van der Waals surface area contributed by atoms with Gasteiger partial charge in [-0.25, -0.2) is 0 Å². The van der Waals surface area contributed by atoms with E-state index in [-0.39, 0.29) is 5.91 Å². The molecule has 1 aromatic rings. The van der Waals surface area contributed by atoms with E-state index < -0.39 is 0 Å². The Hall–Kier alpha value is -1.39. The third-order valence-corrected chi connectivity index (χ3v) is 3.99. The molecule has 110 valence electrons. The van der Waals surface area contributed by atoms with Crippen molar-refractivity contribution in [2.45, 2.75) is 45.2 Å². The van der Waals surface area contributed by atoms with Crippen LogP contribution in [0.1, 0.15) is 38.2 Å². The average Bonchev–Trinajstić information content (AvgIpc) is 2.85. The normalized spacial score (nSPS) is 19.2. The number of carbonyl (C=O) groups is 1. The van der Waals surface area contributed by atoms with Crippen molar-refractivity contribution in [3.63, 3.8) is 0 Å². The summed E-state index contributed by atoms with van der Waals surface area (Å²) >= 11 is 0. The minimum Gasteiger partial charge on any atom is -0.326 e. The highest BCUT2D eigenvalue weighted by Crippen LogP contribution is 2.17. The van der Waals surface area contributed by atoms with Gasteiger partial charge in [0.25, 0.3) is 0 Å². The maximum Gasteiger partial charge on any atom is 0.224 e. The van der Waals surface area contributed by atoms with E-state index in [2.05, 4.69) is 17.1 Å².